The van der Waals surface area contributed by atoms with E-state index in [-0.39, 0.29) is 5.91 Å². The van der Waals surface area contributed by atoms with Crippen LogP contribution in [0, 0.1) is 6.92 Å². The lowest BCUT2D eigenvalue weighted by Crippen LogP contribution is -2.17. The largest absolute Gasteiger partial charge is 0.361 e. The Morgan fingerprint density at radius 3 is 3.00 bits per heavy atom. The normalized spacial score (nSPS) is 10.6. The molecule has 1 aromatic heterocycles. The third-order valence-electron chi connectivity index (χ3n) is 2.90. The van der Waals surface area contributed by atoms with Crippen LogP contribution < -0.4 is 5.32 Å². The quantitative estimate of drug-likeness (QED) is 0.811. The van der Waals surface area contributed by atoms with Crippen LogP contribution in [-0.2, 0) is 11.2 Å². The molecule has 1 heterocycles. The Balaban J connectivity index is 2.28. The van der Waals surface area contributed by atoms with Gasteiger partial charge in [0.1, 0.15) is 0 Å². The minimum absolute atomic E-state index is 0.0861. The van der Waals surface area contributed by atoms with Crippen molar-refractivity contribution in [3.8, 4) is 0 Å². The molecule has 0 unspecified atom stereocenters. The van der Waals surface area contributed by atoms with E-state index in [0.717, 1.165) is 11.9 Å². The van der Waals surface area contributed by atoms with Gasteiger partial charge in [0, 0.05) is 30.6 Å². The van der Waals surface area contributed by atoms with Crippen LogP contribution in [0.15, 0.2) is 24.4 Å². The first-order chi connectivity index (χ1) is 7.72. The van der Waals surface area contributed by atoms with Crippen LogP contribution in [0.1, 0.15) is 17.5 Å². The topological polar surface area (TPSA) is 44.9 Å². The molecule has 3 nitrogen and oxygen atoms in total. The number of carbonyl (C=O) groups excluding carboxylic acids is 1. The molecule has 0 radical (unpaired) electrons. The molecule has 1 amide bonds. The third kappa shape index (κ3) is 1.94. The third-order valence-corrected chi connectivity index (χ3v) is 2.90. The van der Waals surface area contributed by atoms with Gasteiger partial charge < -0.3 is 10.3 Å². The van der Waals surface area contributed by atoms with E-state index in [1.165, 1.54) is 16.5 Å². The van der Waals surface area contributed by atoms with Crippen LogP contribution in [0.2, 0.25) is 0 Å². The zero-order valence-corrected chi connectivity index (χ0v) is 9.63. The number of rotatable bonds is 3. The maximum atomic E-state index is 11.2. The van der Waals surface area contributed by atoms with E-state index in [1.54, 1.807) is 7.05 Å². The Labute approximate surface area is 94.9 Å². The van der Waals surface area contributed by atoms with E-state index in [2.05, 4.69) is 29.4 Å². The Hall–Kier alpha value is -1.77. The van der Waals surface area contributed by atoms with Crippen molar-refractivity contribution in [1.29, 1.82) is 0 Å². The number of carbonyl (C=O) groups is 1. The SMILES string of the molecule is CNC(=O)CCc1c[nH]c2cccc(C)c12. The zero-order chi connectivity index (χ0) is 11.5. The minimum Gasteiger partial charge on any atom is -0.361 e. The molecule has 1 aromatic carbocycles. The molecule has 0 bridgehead atoms. The highest BCUT2D eigenvalue weighted by molar-refractivity contribution is 5.87. The van der Waals surface area contributed by atoms with Crippen molar-refractivity contribution in [1.82, 2.24) is 10.3 Å². The van der Waals surface area contributed by atoms with E-state index in [1.807, 2.05) is 12.3 Å². The van der Waals surface area contributed by atoms with Gasteiger partial charge in [0.25, 0.3) is 0 Å². The second-order valence-electron chi connectivity index (χ2n) is 3.98. The Kier molecular flexibility index (Phi) is 2.95. The Morgan fingerprint density at radius 1 is 1.44 bits per heavy atom. The van der Waals surface area contributed by atoms with E-state index >= 15 is 0 Å². The van der Waals surface area contributed by atoms with Crippen molar-refractivity contribution in [2.45, 2.75) is 19.8 Å². The van der Waals surface area contributed by atoms with Gasteiger partial charge in [0.2, 0.25) is 5.91 Å². The van der Waals surface area contributed by atoms with Gasteiger partial charge in [-0.25, -0.2) is 0 Å². The van der Waals surface area contributed by atoms with Crippen LogP contribution >= 0.6 is 0 Å². The van der Waals surface area contributed by atoms with Gasteiger partial charge in [-0.2, -0.15) is 0 Å². The molecule has 0 aliphatic carbocycles. The summed E-state index contributed by atoms with van der Waals surface area (Å²) in [5.74, 6) is 0.0861. The van der Waals surface area contributed by atoms with Crippen molar-refractivity contribution in [3.05, 3.63) is 35.5 Å². The molecule has 0 spiro atoms. The van der Waals surface area contributed by atoms with Gasteiger partial charge >= 0.3 is 0 Å². The van der Waals surface area contributed by atoms with Gasteiger partial charge in [0.15, 0.2) is 0 Å². The fraction of sp³-hybridized carbons (Fsp3) is 0.308. The summed E-state index contributed by atoms with van der Waals surface area (Å²) in [6.45, 7) is 2.10. The highest BCUT2D eigenvalue weighted by Gasteiger charge is 2.07. The number of aromatic amines is 1. The first-order valence-electron chi connectivity index (χ1n) is 5.48. The first kappa shape index (κ1) is 10.7. The molecular formula is C13H16N2O. The van der Waals surface area contributed by atoms with Crippen LogP contribution in [-0.4, -0.2) is 17.9 Å². The lowest BCUT2D eigenvalue weighted by Gasteiger charge is -2.01. The molecule has 2 rings (SSSR count). The predicted molar refractivity (Wildman–Crippen MR) is 65.4 cm³/mol. The molecule has 16 heavy (non-hydrogen) atoms. The summed E-state index contributed by atoms with van der Waals surface area (Å²) >= 11 is 0. The monoisotopic (exact) mass is 216 g/mol. The molecule has 0 aliphatic rings. The van der Waals surface area contributed by atoms with Crippen molar-refractivity contribution in [2.24, 2.45) is 0 Å². The average Bonchev–Trinajstić information content (AvgIpc) is 2.70. The molecule has 0 saturated carbocycles. The molecule has 0 atom stereocenters. The Bertz CT molecular complexity index is 514. The Morgan fingerprint density at radius 2 is 2.25 bits per heavy atom. The van der Waals surface area contributed by atoms with Crippen LogP contribution in [0.25, 0.3) is 10.9 Å². The molecular weight excluding hydrogens is 200 g/mol. The number of hydrogen-bond acceptors (Lipinski definition) is 1. The van der Waals surface area contributed by atoms with E-state index in [4.69, 9.17) is 0 Å². The smallest absolute Gasteiger partial charge is 0.220 e. The summed E-state index contributed by atoms with van der Waals surface area (Å²) in [5, 5.41) is 3.90. The summed E-state index contributed by atoms with van der Waals surface area (Å²) in [6.07, 6.45) is 3.32. The van der Waals surface area contributed by atoms with Crippen LogP contribution in [0.4, 0.5) is 0 Å². The summed E-state index contributed by atoms with van der Waals surface area (Å²) in [6, 6.07) is 6.20. The fourth-order valence-electron chi connectivity index (χ4n) is 2.02. The summed E-state index contributed by atoms with van der Waals surface area (Å²) < 4.78 is 0. The molecule has 0 fully saturated rings. The average molecular weight is 216 g/mol. The number of benzene rings is 1. The number of amides is 1. The molecule has 3 heteroatoms. The van der Waals surface area contributed by atoms with Gasteiger partial charge in [-0.3, -0.25) is 4.79 Å². The molecule has 2 N–H and O–H groups in total. The maximum Gasteiger partial charge on any atom is 0.220 e. The van der Waals surface area contributed by atoms with E-state index in [9.17, 15) is 4.79 Å². The maximum absolute atomic E-state index is 11.2. The first-order valence-corrected chi connectivity index (χ1v) is 5.48. The number of aromatic nitrogens is 1. The van der Waals surface area contributed by atoms with Gasteiger partial charge in [-0.15, -0.1) is 0 Å². The lowest BCUT2D eigenvalue weighted by atomic mass is 10.0. The van der Waals surface area contributed by atoms with Crippen molar-refractivity contribution in [2.75, 3.05) is 7.05 Å². The highest BCUT2D eigenvalue weighted by atomic mass is 16.1. The highest BCUT2D eigenvalue weighted by Crippen LogP contribution is 2.22. The van der Waals surface area contributed by atoms with Crippen LogP contribution in [0.5, 0.6) is 0 Å². The van der Waals surface area contributed by atoms with Gasteiger partial charge in [0.05, 0.1) is 0 Å². The minimum atomic E-state index is 0.0861. The van der Waals surface area contributed by atoms with E-state index in [0.29, 0.717) is 6.42 Å². The lowest BCUT2D eigenvalue weighted by molar-refractivity contribution is -0.120. The molecule has 2 aromatic rings. The van der Waals surface area contributed by atoms with Gasteiger partial charge in [-0.05, 0) is 30.5 Å². The fourth-order valence-corrected chi connectivity index (χ4v) is 2.02. The summed E-state index contributed by atoms with van der Waals surface area (Å²) in [7, 11) is 1.67. The molecule has 84 valence electrons. The van der Waals surface area contributed by atoms with Gasteiger partial charge in [-0.1, -0.05) is 12.1 Å². The van der Waals surface area contributed by atoms with Crippen molar-refractivity contribution >= 4 is 16.8 Å². The number of aryl methyl sites for hydroxylation is 2. The number of H-pyrrole nitrogens is 1. The zero-order valence-electron chi connectivity index (χ0n) is 9.63. The second kappa shape index (κ2) is 4.39. The van der Waals surface area contributed by atoms with E-state index < -0.39 is 0 Å². The standard InChI is InChI=1S/C13H16N2O/c1-9-4-3-5-11-13(9)10(8-15-11)6-7-12(16)14-2/h3-5,8,15H,6-7H2,1-2H3,(H,14,16). The predicted octanol–water partition coefficient (Wildman–Crippen LogP) is 2.15. The van der Waals surface area contributed by atoms with Crippen molar-refractivity contribution < 1.29 is 4.79 Å². The summed E-state index contributed by atoms with van der Waals surface area (Å²) in [5.41, 5.74) is 3.62. The number of hydrogen-bond donors (Lipinski definition) is 2. The molecule has 0 saturated heterocycles. The van der Waals surface area contributed by atoms with Crippen LogP contribution in [0.3, 0.4) is 0 Å². The summed E-state index contributed by atoms with van der Waals surface area (Å²) in [4.78, 5) is 14.4. The number of fused-ring (bicyclic) bond motifs is 1. The van der Waals surface area contributed by atoms with Crippen molar-refractivity contribution in [3.63, 3.8) is 0 Å². The molecule has 0 aliphatic heterocycles. The number of nitrogens with one attached hydrogen (secondary N) is 2. The second-order valence-corrected chi connectivity index (χ2v) is 3.98.